The normalized spacial score (nSPS) is 10.7. The molecular weight excluding hydrogens is 330 g/mol. The van der Waals surface area contributed by atoms with Crippen LogP contribution in [0.25, 0.3) is 28.1 Å². The Balaban J connectivity index is 0.00000132. The molecule has 2 aromatic carbocycles. The number of para-hydroxylation sites is 2. The molecule has 104 valence electrons. The van der Waals surface area contributed by atoms with E-state index in [4.69, 9.17) is 0 Å². The average Bonchev–Trinajstić information content (AvgIpc) is 2.85. The molecule has 0 spiro atoms. The van der Waals surface area contributed by atoms with Gasteiger partial charge in [0.05, 0.1) is 16.7 Å². The highest BCUT2D eigenvalue weighted by Crippen LogP contribution is 2.26. The summed E-state index contributed by atoms with van der Waals surface area (Å²) in [5, 5.41) is 9.67. The SMILES string of the molecule is Br.Oc1cccc(-c2ccnc3nc4ccccc4n23)c1. The van der Waals surface area contributed by atoms with E-state index in [-0.39, 0.29) is 22.7 Å². The first-order valence-corrected chi connectivity index (χ1v) is 6.34. The third-order valence-electron chi connectivity index (χ3n) is 3.35. The van der Waals surface area contributed by atoms with Crippen molar-refractivity contribution in [2.24, 2.45) is 0 Å². The number of aromatic hydroxyl groups is 1. The van der Waals surface area contributed by atoms with Crippen LogP contribution >= 0.6 is 17.0 Å². The van der Waals surface area contributed by atoms with Crippen LogP contribution in [0.2, 0.25) is 0 Å². The van der Waals surface area contributed by atoms with Crippen molar-refractivity contribution in [3.63, 3.8) is 0 Å². The fourth-order valence-electron chi connectivity index (χ4n) is 2.48. The summed E-state index contributed by atoms with van der Waals surface area (Å²) >= 11 is 0. The number of benzene rings is 2. The summed E-state index contributed by atoms with van der Waals surface area (Å²) in [7, 11) is 0. The number of fused-ring (bicyclic) bond motifs is 3. The van der Waals surface area contributed by atoms with Crippen LogP contribution in [0.4, 0.5) is 0 Å². The van der Waals surface area contributed by atoms with Gasteiger partial charge in [0, 0.05) is 11.8 Å². The van der Waals surface area contributed by atoms with Crippen LogP contribution in [0.1, 0.15) is 0 Å². The molecule has 0 saturated heterocycles. The molecular formula is C16H12BrN3O. The minimum atomic E-state index is 0. The number of phenols is 1. The fraction of sp³-hybridized carbons (Fsp3) is 0. The average molecular weight is 342 g/mol. The largest absolute Gasteiger partial charge is 0.508 e. The zero-order valence-corrected chi connectivity index (χ0v) is 12.7. The van der Waals surface area contributed by atoms with Crippen molar-refractivity contribution >= 4 is 33.8 Å². The number of aromatic nitrogens is 3. The predicted octanol–water partition coefficient (Wildman–Crippen LogP) is 3.83. The van der Waals surface area contributed by atoms with E-state index >= 15 is 0 Å². The minimum Gasteiger partial charge on any atom is -0.508 e. The minimum absolute atomic E-state index is 0. The zero-order valence-electron chi connectivity index (χ0n) is 11.0. The summed E-state index contributed by atoms with van der Waals surface area (Å²) in [5.41, 5.74) is 3.81. The number of halogens is 1. The van der Waals surface area contributed by atoms with Gasteiger partial charge < -0.3 is 5.11 Å². The molecule has 0 bridgehead atoms. The lowest BCUT2D eigenvalue weighted by Gasteiger charge is -2.06. The second kappa shape index (κ2) is 5.18. The van der Waals surface area contributed by atoms with Crippen LogP contribution < -0.4 is 0 Å². The number of phenolic OH excluding ortho intramolecular Hbond substituents is 1. The lowest BCUT2D eigenvalue weighted by molar-refractivity contribution is 0.475. The second-order valence-corrected chi connectivity index (χ2v) is 4.62. The summed E-state index contributed by atoms with van der Waals surface area (Å²) in [6, 6.07) is 17.0. The van der Waals surface area contributed by atoms with Crippen LogP contribution in [-0.2, 0) is 0 Å². The van der Waals surface area contributed by atoms with Gasteiger partial charge in [-0.3, -0.25) is 4.40 Å². The van der Waals surface area contributed by atoms with Gasteiger partial charge in [-0.2, -0.15) is 0 Å². The Hall–Kier alpha value is -2.40. The highest BCUT2D eigenvalue weighted by atomic mass is 79.9. The monoisotopic (exact) mass is 341 g/mol. The smallest absolute Gasteiger partial charge is 0.235 e. The summed E-state index contributed by atoms with van der Waals surface area (Å²) in [6.45, 7) is 0. The Bertz CT molecular complexity index is 933. The lowest BCUT2D eigenvalue weighted by atomic mass is 10.1. The number of hydrogen-bond donors (Lipinski definition) is 1. The van der Waals surface area contributed by atoms with Gasteiger partial charge >= 0.3 is 0 Å². The van der Waals surface area contributed by atoms with E-state index in [1.165, 1.54) is 0 Å². The molecule has 0 aliphatic carbocycles. The predicted molar refractivity (Wildman–Crippen MR) is 87.9 cm³/mol. The Labute approximate surface area is 131 Å². The van der Waals surface area contributed by atoms with Gasteiger partial charge in [-0.05, 0) is 30.3 Å². The Morgan fingerprint density at radius 1 is 0.952 bits per heavy atom. The summed E-state index contributed by atoms with van der Waals surface area (Å²) in [5.74, 6) is 0.906. The van der Waals surface area contributed by atoms with E-state index in [9.17, 15) is 5.11 Å². The fourth-order valence-corrected chi connectivity index (χ4v) is 2.48. The van der Waals surface area contributed by atoms with Gasteiger partial charge in [-0.15, -0.1) is 17.0 Å². The number of hydrogen-bond acceptors (Lipinski definition) is 3. The Morgan fingerprint density at radius 3 is 2.67 bits per heavy atom. The van der Waals surface area contributed by atoms with Crippen molar-refractivity contribution in [3.05, 3.63) is 60.8 Å². The summed E-state index contributed by atoms with van der Waals surface area (Å²) in [6.07, 6.45) is 1.74. The second-order valence-electron chi connectivity index (χ2n) is 4.62. The number of nitrogens with zero attached hydrogens (tertiary/aromatic N) is 3. The molecule has 0 amide bonds. The third-order valence-corrected chi connectivity index (χ3v) is 3.35. The molecule has 2 aromatic heterocycles. The molecule has 21 heavy (non-hydrogen) atoms. The highest BCUT2D eigenvalue weighted by Gasteiger charge is 2.10. The molecule has 2 heterocycles. The molecule has 0 unspecified atom stereocenters. The molecule has 0 fully saturated rings. The van der Waals surface area contributed by atoms with E-state index in [2.05, 4.69) is 9.97 Å². The summed E-state index contributed by atoms with van der Waals surface area (Å²) < 4.78 is 2.00. The van der Waals surface area contributed by atoms with Crippen molar-refractivity contribution in [2.45, 2.75) is 0 Å². The van der Waals surface area contributed by atoms with Crippen LogP contribution in [0.15, 0.2) is 60.8 Å². The van der Waals surface area contributed by atoms with Crippen molar-refractivity contribution in [3.8, 4) is 17.0 Å². The van der Waals surface area contributed by atoms with E-state index < -0.39 is 0 Å². The van der Waals surface area contributed by atoms with Gasteiger partial charge in [0.2, 0.25) is 5.78 Å². The van der Waals surface area contributed by atoms with Gasteiger partial charge in [-0.25, -0.2) is 9.97 Å². The molecule has 5 heteroatoms. The maximum atomic E-state index is 9.67. The van der Waals surface area contributed by atoms with Crippen LogP contribution in [0.5, 0.6) is 5.75 Å². The maximum Gasteiger partial charge on any atom is 0.235 e. The van der Waals surface area contributed by atoms with E-state index in [0.717, 1.165) is 22.3 Å². The topological polar surface area (TPSA) is 50.4 Å². The van der Waals surface area contributed by atoms with Crippen molar-refractivity contribution in [1.82, 2.24) is 14.4 Å². The van der Waals surface area contributed by atoms with Gasteiger partial charge in [0.15, 0.2) is 0 Å². The van der Waals surface area contributed by atoms with Crippen molar-refractivity contribution in [2.75, 3.05) is 0 Å². The molecule has 0 aliphatic heterocycles. The molecule has 4 rings (SSSR count). The van der Waals surface area contributed by atoms with Crippen LogP contribution in [0, 0.1) is 0 Å². The first-order valence-electron chi connectivity index (χ1n) is 6.34. The quantitative estimate of drug-likeness (QED) is 0.572. The zero-order chi connectivity index (χ0) is 13.5. The molecule has 0 saturated carbocycles. The molecule has 0 radical (unpaired) electrons. The highest BCUT2D eigenvalue weighted by molar-refractivity contribution is 8.93. The van der Waals surface area contributed by atoms with Crippen LogP contribution in [-0.4, -0.2) is 19.5 Å². The third kappa shape index (κ3) is 2.15. The first-order chi connectivity index (χ1) is 9.83. The number of imidazole rings is 1. The van der Waals surface area contributed by atoms with Gasteiger partial charge in [-0.1, -0.05) is 24.3 Å². The van der Waals surface area contributed by atoms with E-state index in [0.29, 0.717) is 5.78 Å². The molecule has 4 aromatic rings. The van der Waals surface area contributed by atoms with Gasteiger partial charge in [0.1, 0.15) is 5.75 Å². The molecule has 1 N–H and O–H groups in total. The van der Waals surface area contributed by atoms with Crippen molar-refractivity contribution in [1.29, 1.82) is 0 Å². The van der Waals surface area contributed by atoms with Crippen LogP contribution in [0.3, 0.4) is 0 Å². The van der Waals surface area contributed by atoms with E-state index in [1.807, 2.05) is 46.9 Å². The molecule has 0 atom stereocenters. The van der Waals surface area contributed by atoms with Crippen molar-refractivity contribution < 1.29 is 5.11 Å². The maximum absolute atomic E-state index is 9.67. The van der Waals surface area contributed by atoms with E-state index in [1.54, 1.807) is 18.3 Å². The first kappa shape index (κ1) is 13.6. The lowest BCUT2D eigenvalue weighted by Crippen LogP contribution is -1.93. The Kier molecular flexibility index (Phi) is 3.35. The Morgan fingerprint density at radius 2 is 1.81 bits per heavy atom. The standard InChI is InChI=1S/C16H11N3O.BrH/c20-12-5-3-4-11(10-12)14-8-9-17-16-18-13-6-1-2-7-15(13)19(14)16;/h1-10,20H;1H. The summed E-state index contributed by atoms with van der Waals surface area (Å²) in [4.78, 5) is 8.83. The molecule has 4 nitrogen and oxygen atoms in total. The molecule has 0 aliphatic rings. The number of rotatable bonds is 1. The van der Waals surface area contributed by atoms with Gasteiger partial charge in [0.25, 0.3) is 0 Å².